The normalized spacial score (nSPS) is 13.1. The van der Waals surface area contributed by atoms with Crippen molar-refractivity contribution in [1.82, 2.24) is 0 Å². The molecule has 17 heavy (non-hydrogen) atoms. The van der Waals surface area contributed by atoms with E-state index in [-0.39, 0.29) is 0 Å². The van der Waals surface area contributed by atoms with E-state index in [0.717, 1.165) is 16.9 Å². The number of furan rings is 1. The van der Waals surface area contributed by atoms with Gasteiger partial charge in [0.1, 0.15) is 22.0 Å². The second-order valence-electron chi connectivity index (χ2n) is 3.94. The van der Waals surface area contributed by atoms with Crippen molar-refractivity contribution in [2.24, 2.45) is 0 Å². The third-order valence-electron chi connectivity index (χ3n) is 2.87. The average molecular weight is 291 g/mol. The Morgan fingerprint density at radius 1 is 1.24 bits per heavy atom. The minimum absolute atomic E-state index is 0.514. The average Bonchev–Trinajstić information content (AvgIpc) is 2.68. The van der Waals surface area contributed by atoms with Gasteiger partial charge in [0.15, 0.2) is 0 Å². The topological polar surface area (TPSA) is 33.4 Å². The summed E-state index contributed by atoms with van der Waals surface area (Å²) >= 11 is 13.2. The van der Waals surface area contributed by atoms with Gasteiger partial charge in [0.05, 0.1) is 4.34 Å². The van der Waals surface area contributed by atoms with Crippen LogP contribution >= 0.6 is 34.5 Å². The molecule has 2 aromatic rings. The van der Waals surface area contributed by atoms with E-state index >= 15 is 0 Å². The molecule has 0 bridgehead atoms. The summed E-state index contributed by atoms with van der Waals surface area (Å²) in [6.45, 7) is 5.63. The lowest BCUT2D eigenvalue weighted by Crippen LogP contribution is -2.01. The molecule has 0 amide bonds. The number of thiophene rings is 1. The molecule has 2 aromatic heterocycles. The molecule has 0 aromatic carbocycles. The van der Waals surface area contributed by atoms with Crippen LogP contribution in [0.3, 0.4) is 0 Å². The molecule has 5 heteroatoms. The number of hydrogen-bond acceptors (Lipinski definition) is 3. The molecule has 2 heterocycles. The largest absolute Gasteiger partial charge is 0.466 e. The van der Waals surface area contributed by atoms with Crippen LogP contribution in [0.2, 0.25) is 8.67 Å². The maximum absolute atomic E-state index is 10.4. The molecule has 92 valence electrons. The SMILES string of the molecule is Cc1oc(C)c(C(O)c2cc(Cl)sc2Cl)c1C. The highest BCUT2D eigenvalue weighted by Crippen LogP contribution is 2.40. The molecule has 0 saturated carbocycles. The van der Waals surface area contributed by atoms with Gasteiger partial charge in [-0.2, -0.15) is 0 Å². The van der Waals surface area contributed by atoms with E-state index in [1.54, 1.807) is 6.07 Å². The Labute approximate surface area is 114 Å². The summed E-state index contributed by atoms with van der Waals surface area (Å²) in [6.07, 6.45) is -0.788. The van der Waals surface area contributed by atoms with Crippen molar-refractivity contribution in [3.8, 4) is 0 Å². The molecule has 2 rings (SSSR count). The predicted molar refractivity (Wildman–Crippen MR) is 71.3 cm³/mol. The zero-order valence-electron chi connectivity index (χ0n) is 9.67. The van der Waals surface area contributed by atoms with Crippen LogP contribution in [0.1, 0.15) is 34.3 Å². The molecule has 2 nitrogen and oxygen atoms in total. The second-order valence-corrected chi connectivity index (χ2v) is 6.22. The molecule has 0 radical (unpaired) electrons. The summed E-state index contributed by atoms with van der Waals surface area (Å²) in [5.41, 5.74) is 2.36. The van der Waals surface area contributed by atoms with Crippen molar-refractivity contribution in [2.45, 2.75) is 26.9 Å². The number of halogens is 2. The maximum Gasteiger partial charge on any atom is 0.110 e. The molecule has 1 unspecified atom stereocenters. The Balaban J connectivity index is 2.50. The number of aliphatic hydroxyl groups is 1. The third-order valence-corrected chi connectivity index (χ3v) is 4.39. The third kappa shape index (κ3) is 2.25. The molecule has 1 N–H and O–H groups in total. The smallest absolute Gasteiger partial charge is 0.110 e. The monoisotopic (exact) mass is 290 g/mol. The Kier molecular flexibility index (Phi) is 3.55. The molecule has 1 atom stereocenters. The van der Waals surface area contributed by atoms with Gasteiger partial charge in [0, 0.05) is 11.1 Å². The van der Waals surface area contributed by atoms with Gasteiger partial charge in [-0.25, -0.2) is 0 Å². The van der Waals surface area contributed by atoms with Crippen molar-refractivity contribution in [3.05, 3.63) is 42.9 Å². The summed E-state index contributed by atoms with van der Waals surface area (Å²) in [5.74, 6) is 1.53. The van der Waals surface area contributed by atoms with Crippen LogP contribution in [-0.4, -0.2) is 5.11 Å². The Hall–Kier alpha value is -0.480. The van der Waals surface area contributed by atoms with Gasteiger partial charge in [0.2, 0.25) is 0 Å². The summed E-state index contributed by atoms with van der Waals surface area (Å²) in [4.78, 5) is 0. The van der Waals surface area contributed by atoms with Gasteiger partial charge in [0.25, 0.3) is 0 Å². The van der Waals surface area contributed by atoms with Crippen molar-refractivity contribution in [2.75, 3.05) is 0 Å². The van der Waals surface area contributed by atoms with E-state index in [2.05, 4.69) is 0 Å². The van der Waals surface area contributed by atoms with Crippen LogP contribution in [0.15, 0.2) is 10.5 Å². The standard InChI is InChI=1S/C12H12Cl2O2S/c1-5-6(2)16-7(3)10(5)11(15)8-4-9(13)17-12(8)14/h4,11,15H,1-3H3. The molecule has 0 aliphatic rings. The lowest BCUT2D eigenvalue weighted by molar-refractivity contribution is 0.218. The Morgan fingerprint density at radius 3 is 2.29 bits per heavy atom. The lowest BCUT2D eigenvalue weighted by atomic mass is 10.0. The summed E-state index contributed by atoms with van der Waals surface area (Å²) in [6, 6.07) is 1.69. The number of rotatable bonds is 2. The van der Waals surface area contributed by atoms with Gasteiger partial charge >= 0.3 is 0 Å². The van der Waals surface area contributed by atoms with E-state index in [0.29, 0.717) is 20.0 Å². The lowest BCUT2D eigenvalue weighted by Gasteiger charge is -2.10. The molecule has 0 saturated heterocycles. The molecule has 0 spiro atoms. The van der Waals surface area contributed by atoms with Crippen LogP contribution < -0.4 is 0 Å². The quantitative estimate of drug-likeness (QED) is 0.873. The van der Waals surface area contributed by atoms with E-state index in [1.807, 2.05) is 20.8 Å². The van der Waals surface area contributed by atoms with Crippen LogP contribution in [0.4, 0.5) is 0 Å². The van der Waals surface area contributed by atoms with E-state index in [9.17, 15) is 5.11 Å². The van der Waals surface area contributed by atoms with Gasteiger partial charge in [-0.05, 0) is 32.4 Å². The number of aryl methyl sites for hydroxylation is 2. The minimum atomic E-state index is -0.788. The molecule has 0 fully saturated rings. The van der Waals surface area contributed by atoms with Crippen molar-refractivity contribution in [1.29, 1.82) is 0 Å². The van der Waals surface area contributed by atoms with Gasteiger partial charge in [-0.15, -0.1) is 11.3 Å². The second kappa shape index (κ2) is 4.65. The fourth-order valence-corrected chi connectivity index (χ4v) is 3.43. The van der Waals surface area contributed by atoms with E-state index in [1.165, 1.54) is 11.3 Å². The number of aliphatic hydroxyl groups excluding tert-OH is 1. The Bertz CT molecular complexity index is 557. The fraction of sp³-hybridized carbons (Fsp3) is 0.333. The first-order valence-corrected chi connectivity index (χ1v) is 6.68. The van der Waals surface area contributed by atoms with E-state index < -0.39 is 6.10 Å². The fourth-order valence-electron chi connectivity index (χ4n) is 1.91. The van der Waals surface area contributed by atoms with Crippen molar-refractivity contribution >= 4 is 34.5 Å². The van der Waals surface area contributed by atoms with Gasteiger partial charge in [-0.3, -0.25) is 0 Å². The first-order chi connectivity index (χ1) is 7.91. The molecular weight excluding hydrogens is 279 g/mol. The number of hydrogen-bond donors (Lipinski definition) is 1. The van der Waals surface area contributed by atoms with Gasteiger partial charge < -0.3 is 9.52 Å². The summed E-state index contributed by atoms with van der Waals surface area (Å²) < 4.78 is 6.58. The van der Waals surface area contributed by atoms with Crippen LogP contribution in [0.5, 0.6) is 0 Å². The zero-order chi connectivity index (χ0) is 12.7. The Morgan fingerprint density at radius 2 is 1.88 bits per heavy atom. The minimum Gasteiger partial charge on any atom is -0.466 e. The first-order valence-electron chi connectivity index (χ1n) is 5.11. The van der Waals surface area contributed by atoms with Crippen LogP contribution in [0, 0.1) is 20.8 Å². The first kappa shape index (κ1) is 13.0. The van der Waals surface area contributed by atoms with E-state index in [4.69, 9.17) is 27.6 Å². The highest BCUT2D eigenvalue weighted by Gasteiger charge is 2.23. The van der Waals surface area contributed by atoms with Crippen molar-refractivity contribution < 1.29 is 9.52 Å². The molecule has 0 aliphatic carbocycles. The highest BCUT2D eigenvalue weighted by atomic mass is 35.5. The summed E-state index contributed by atoms with van der Waals surface area (Å²) in [7, 11) is 0. The summed E-state index contributed by atoms with van der Waals surface area (Å²) in [5, 5.41) is 10.4. The highest BCUT2D eigenvalue weighted by molar-refractivity contribution is 7.20. The molecule has 0 aliphatic heterocycles. The van der Waals surface area contributed by atoms with Crippen molar-refractivity contribution in [3.63, 3.8) is 0 Å². The molecular formula is C12H12Cl2O2S. The zero-order valence-corrected chi connectivity index (χ0v) is 12.0. The van der Waals surface area contributed by atoms with Gasteiger partial charge in [-0.1, -0.05) is 23.2 Å². The predicted octanol–water partition coefficient (Wildman–Crippen LogP) is 4.65. The van der Waals surface area contributed by atoms with Crippen LogP contribution in [-0.2, 0) is 0 Å². The maximum atomic E-state index is 10.4. The van der Waals surface area contributed by atoms with Crippen LogP contribution in [0.25, 0.3) is 0 Å².